The van der Waals surface area contributed by atoms with Crippen LogP contribution in [0.25, 0.3) is 0 Å². The Bertz CT molecular complexity index is 777. The van der Waals surface area contributed by atoms with Gasteiger partial charge >= 0.3 is 5.97 Å². The van der Waals surface area contributed by atoms with Crippen molar-refractivity contribution in [2.24, 2.45) is 5.92 Å². The van der Waals surface area contributed by atoms with Gasteiger partial charge in [0.15, 0.2) is 6.61 Å². The number of hydrogen-bond donors (Lipinski definition) is 1. The lowest BCUT2D eigenvalue weighted by Crippen LogP contribution is -2.33. The number of carbonyl (C=O) groups excluding carboxylic acids is 2. The van der Waals surface area contributed by atoms with E-state index in [1.54, 1.807) is 0 Å². The largest absolute Gasteiger partial charge is 0.452 e. The highest BCUT2D eigenvalue weighted by molar-refractivity contribution is 9.10. The second-order valence-corrected chi connectivity index (χ2v) is 6.85. The molecule has 2 aromatic rings. The smallest absolute Gasteiger partial charge is 0.339 e. The summed E-state index contributed by atoms with van der Waals surface area (Å²) in [6, 6.07) is 13.3. The lowest BCUT2D eigenvalue weighted by Gasteiger charge is -2.18. The number of esters is 1. The van der Waals surface area contributed by atoms with Crippen LogP contribution >= 0.6 is 15.9 Å². The molecule has 0 aromatic heterocycles. The van der Waals surface area contributed by atoms with Gasteiger partial charge in [-0.3, -0.25) is 4.79 Å². The van der Waals surface area contributed by atoms with Crippen molar-refractivity contribution in [2.75, 3.05) is 6.61 Å². The van der Waals surface area contributed by atoms with E-state index in [9.17, 15) is 14.0 Å². The van der Waals surface area contributed by atoms with Gasteiger partial charge in [0.25, 0.3) is 5.91 Å². The minimum atomic E-state index is -0.676. The van der Waals surface area contributed by atoms with E-state index in [1.165, 1.54) is 18.2 Å². The predicted molar refractivity (Wildman–Crippen MR) is 94.4 cm³/mol. The zero-order chi connectivity index (χ0) is 17.8. The maximum Gasteiger partial charge on any atom is 0.339 e. The van der Waals surface area contributed by atoms with Gasteiger partial charge in [-0.15, -0.1) is 0 Å². The van der Waals surface area contributed by atoms with Crippen LogP contribution in [0.5, 0.6) is 0 Å². The average Bonchev–Trinajstić information content (AvgIpc) is 3.43. The number of nitrogens with one attached hydrogen (secondary N) is 1. The second kappa shape index (κ2) is 7.78. The van der Waals surface area contributed by atoms with Crippen LogP contribution in [0.3, 0.4) is 0 Å². The molecule has 0 bridgehead atoms. The van der Waals surface area contributed by atoms with Gasteiger partial charge in [0.2, 0.25) is 0 Å². The van der Waals surface area contributed by atoms with Gasteiger partial charge in [-0.05, 0) is 58.5 Å². The summed E-state index contributed by atoms with van der Waals surface area (Å²) in [5, 5.41) is 2.94. The van der Waals surface area contributed by atoms with Gasteiger partial charge in [-0.2, -0.15) is 0 Å². The van der Waals surface area contributed by atoms with E-state index in [2.05, 4.69) is 21.2 Å². The molecule has 0 saturated heterocycles. The molecular formula is C19H17BrFNO3. The van der Waals surface area contributed by atoms with E-state index in [1.807, 2.05) is 30.3 Å². The highest BCUT2D eigenvalue weighted by atomic mass is 79.9. The molecule has 0 spiro atoms. The van der Waals surface area contributed by atoms with Crippen LogP contribution in [0.2, 0.25) is 0 Å². The first kappa shape index (κ1) is 17.6. The zero-order valence-corrected chi connectivity index (χ0v) is 15.0. The first-order chi connectivity index (χ1) is 12.0. The van der Waals surface area contributed by atoms with Crippen LogP contribution in [-0.4, -0.2) is 18.5 Å². The van der Waals surface area contributed by atoms with Gasteiger partial charge in [0, 0.05) is 4.47 Å². The molecule has 6 heteroatoms. The molecule has 1 unspecified atom stereocenters. The SMILES string of the molecule is O=C(COC(=O)c1ccc(F)cc1Br)NC(c1ccccc1)C1CC1. The van der Waals surface area contributed by atoms with E-state index in [4.69, 9.17) is 4.74 Å². The number of rotatable bonds is 6. The van der Waals surface area contributed by atoms with Crippen molar-refractivity contribution < 1.29 is 18.7 Å². The molecule has 1 N–H and O–H groups in total. The standard InChI is InChI=1S/C19H17BrFNO3/c20-16-10-14(21)8-9-15(16)19(24)25-11-17(23)22-18(13-6-7-13)12-4-2-1-3-5-12/h1-5,8-10,13,18H,6-7,11H2,(H,22,23). The molecule has 1 aliphatic carbocycles. The molecule has 4 nitrogen and oxygen atoms in total. The summed E-state index contributed by atoms with van der Waals surface area (Å²) < 4.78 is 18.4. The Kier molecular flexibility index (Phi) is 5.48. The molecule has 2 aromatic carbocycles. The Labute approximate surface area is 153 Å². The third-order valence-corrected chi connectivity index (χ3v) is 4.71. The number of halogens is 2. The topological polar surface area (TPSA) is 55.4 Å². The van der Waals surface area contributed by atoms with E-state index >= 15 is 0 Å². The molecule has 1 atom stereocenters. The first-order valence-corrected chi connectivity index (χ1v) is 8.80. The summed E-state index contributed by atoms with van der Waals surface area (Å²) >= 11 is 3.11. The molecule has 25 heavy (non-hydrogen) atoms. The van der Waals surface area contributed by atoms with Gasteiger partial charge in [-0.25, -0.2) is 9.18 Å². The van der Waals surface area contributed by atoms with Crippen molar-refractivity contribution >= 4 is 27.8 Å². The molecule has 1 saturated carbocycles. The van der Waals surface area contributed by atoms with Crippen molar-refractivity contribution in [2.45, 2.75) is 18.9 Å². The molecule has 1 amide bonds. The van der Waals surface area contributed by atoms with E-state index in [0.717, 1.165) is 18.4 Å². The summed E-state index contributed by atoms with van der Waals surface area (Å²) in [6.45, 7) is -0.376. The van der Waals surface area contributed by atoms with Crippen molar-refractivity contribution in [3.05, 3.63) is 69.9 Å². The van der Waals surface area contributed by atoms with Crippen molar-refractivity contribution in [1.29, 1.82) is 0 Å². The van der Waals surface area contributed by atoms with Crippen LogP contribution in [0.4, 0.5) is 4.39 Å². The zero-order valence-electron chi connectivity index (χ0n) is 13.4. The van der Waals surface area contributed by atoms with Crippen LogP contribution in [0.1, 0.15) is 34.8 Å². The van der Waals surface area contributed by atoms with E-state index in [-0.39, 0.29) is 28.6 Å². The summed E-state index contributed by atoms with van der Waals surface area (Å²) in [4.78, 5) is 24.2. The van der Waals surface area contributed by atoms with Crippen molar-refractivity contribution in [3.63, 3.8) is 0 Å². The Morgan fingerprint density at radius 3 is 2.56 bits per heavy atom. The van der Waals surface area contributed by atoms with Crippen LogP contribution in [-0.2, 0) is 9.53 Å². The molecule has 130 valence electrons. The molecular weight excluding hydrogens is 389 g/mol. The minimum Gasteiger partial charge on any atom is -0.452 e. The summed E-state index contributed by atoms with van der Waals surface area (Å²) in [7, 11) is 0. The molecule has 0 radical (unpaired) electrons. The van der Waals surface area contributed by atoms with Gasteiger partial charge in [0.1, 0.15) is 5.82 Å². The Morgan fingerprint density at radius 1 is 1.20 bits per heavy atom. The van der Waals surface area contributed by atoms with E-state index in [0.29, 0.717) is 5.92 Å². The Hall–Kier alpha value is -2.21. The summed E-state index contributed by atoms with van der Waals surface area (Å²) in [5.74, 6) is -1.07. The minimum absolute atomic E-state index is 0.0649. The normalized spacial score (nSPS) is 14.6. The quantitative estimate of drug-likeness (QED) is 0.738. The number of benzene rings is 2. The van der Waals surface area contributed by atoms with E-state index < -0.39 is 11.8 Å². The maximum absolute atomic E-state index is 13.1. The number of ether oxygens (including phenoxy) is 1. The maximum atomic E-state index is 13.1. The third-order valence-electron chi connectivity index (χ3n) is 4.05. The third kappa shape index (κ3) is 4.66. The Morgan fingerprint density at radius 2 is 1.92 bits per heavy atom. The fourth-order valence-electron chi connectivity index (χ4n) is 2.64. The summed E-state index contributed by atoms with van der Waals surface area (Å²) in [5.41, 5.74) is 1.22. The monoisotopic (exact) mass is 405 g/mol. The van der Waals surface area contributed by atoms with Gasteiger partial charge in [-0.1, -0.05) is 30.3 Å². The lowest BCUT2D eigenvalue weighted by atomic mass is 10.0. The van der Waals surface area contributed by atoms with Crippen LogP contribution < -0.4 is 5.32 Å². The number of carbonyl (C=O) groups is 2. The number of hydrogen-bond acceptors (Lipinski definition) is 3. The molecule has 0 aliphatic heterocycles. The lowest BCUT2D eigenvalue weighted by molar-refractivity contribution is -0.125. The average molecular weight is 406 g/mol. The highest BCUT2D eigenvalue weighted by Crippen LogP contribution is 2.40. The van der Waals surface area contributed by atoms with Crippen LogP contribution in [0, 0.1) is 11.7 Å². The fraction of sp³-hybridized carbons (Fsp3) is 0.263. The highest BCUT2D eigenvalue weighted by Gasteiger charge is 2.33. The molecule has 3 rings (SSSR count). The number of amides is 1. The molecule has 1 fully saturated rings. The summed E-state index contributed by atoms with van der Waals surface area (Å²) in [6.07, 6.45) is 2.14. The molecule has 0 heterocycles. The predicted octanol–water partition coefficient (Wildman–Crippen LogP) is 4.01. The first-order valence-electron chi connectivity index (χ1n) is 8.01. The van der Waals surface area contributed by atoms with Crippen molar-refractivity contribution in [1.82, 2.24) is 5.32 Å². The van der Waals surface area contributed by atoms with Crippen molar-refractivity contribution in [3.8, 4) is 0 Å². The Balaban J connectivity index is 1.57. The molecule has 1 aliphatic rings. The fourth-order valence-corrected chi connectivity index (χ4v) is 3.15. The van der Waals surface area contributed by atoms with Gasteiger partial charge < -0.3 is 10.1 Å². The van der Waals surface area contributed by atoms with Crippen LogP contribution in [0.15, 0.2) is 53.0 Å². The second-order valence-electron chi connectivity index (χ2n) is 5.99. The van der Waals surface area contributed by atoms with Gasteiger partial charge in [0.05, 0.1) is 11.6 Å².